The molecule has 3 aromatic rings. The zero-order valence-corrected chi connectivity index (χ0v) is 21.1. The minimum Gasteiger partial charge on any atom is -0.357 e. The molecule has 4 atom stereocenters. The normalized spacial score (nSPS) is 23.1. The Hall–Kier alpha value is -4.73. The van der Waals surface area contributed by atoms with Gasteiger partial charge in [0.15, 0.2) is 5.78 Å². The molecule has 0 aliphatic carbocycles. The number of hydrogen-bond donors (Lipinski definition) is 1. The highest BCUT2D eigenvalue weighted by Gasteiger charge is 2.64. The Morgan fingerprint density at radius 2 is 1.57 bits per heavy atom. The number of carbonyl (C=O) groups is 4. The number of fused-ring (bicyclic) bond motifs is 5. The van der Waals surface area contributed by atoms with Crippen molar-refractivity contribution in [3.05, 3.63) is 101 Å². The molecule has 3 aliphatic heterocycles. The van der Waals surface area contributed by atoms with Gasteiger partial charge < -0.3 is 10.2 Å². The second-order valence-electron chi connectivity index (χ2n) is 10.0. The molecule has 0 spiro atoms. The number of nitrogens with zero attached hydrogens (tertiary/aromatic N) is 2. The van der Waals surface area contributed by atoms with Crippen LogP contribution in [-0.2, 0) is 20.6 Å². The molecule has 0 saturated carbocycles. The Bertz CT molecular complexity index is 1600. The van der Waals surface area contributed by atoms with Gasteiger partial charge in [-0.15, -0.1) is 0 Å². The number of benzene rings is 3. The van der Waals surface area contributed by atoms with Crippen LogP contribution >= 0.6 is 0 Å². The van der Waals surface area contributed by atoms with Crippen molar-refractivity contribution >= 4 is 41.0 Å². The Labute approximate surface area is 226 Å². The number of halogens is 3. The van der Waals surface area contributed by atoms with Gasteiger partial charge in [0.1, 0.15) is 6.04 Å². The lowest BCUT2D eigenvalue weighted by Gasteiger charge is -2.35. The van der Waals surface area contributed by atoms with Gasteiger partial charge in [-0.25, -0.2) is 4.90 Å². The van der Waals surface area contributed by atoms with Crippen LogP contribution in [0.5, 0.6) is 0 Å². The van der Waals surface area contributed by atoms with Crippen LogP contribution in [0.25, 0.3) is 6.08 Å². The van der Waals surface area contributed by atoms with Gasteiger partial charge in [-0.2, -0.15) is 13.2 Å². The largest absolute Gasteiger partial charge is 0.416 e. The smallest absolute Gasteiger partial charge is 0.357 e. The SMILES string of the molecule is CC(=O)c1ccc(N2C(=O)[C@@H]3[C@H](C2=O)[C@@H]2c4ccccc4C=CN2[C@H]3C(=O)Nc2cccc(C(F)(F)F)c2)cc1. The van der Waals surface area contributed by atoms with Gasteiger partial charge in [0, 0.05) is 17.5 Å². The third-order valence-electron chi connectivity index (χ3n) is 7.72. The number of carbonyl (C=O) groups excluding carboxylic acids is 4. The van der Waals surface area contributed by atoms with Gasteiger partial charge in [-0.1, -0.05) is 30.3 Å². The molecule has 3 heterocycles. The molecule has 202 valence electrons. The second-order valence-corrected chi connectivity index (χ2v) is 10.0. The van der Waals surface area contributed by atoms with Crippen molar-refractivity contribution in [2.24, 2.45) is 11.8 Å². The monoisotopic (exact) mass is 545 g/mol. The lowest BCUT2D eigenvalue weighted by Crippen LogP contribution is -2.46. The molecule has 7 nitrogen and oxygen atoms in total. The van der Waals surface area contributed by atoms with Crippen molar-refractivity contribution in [1.29, 1.82) is 0 Å². The molecule has 40 heavy (non-hydrogen) atoms. The summed E-state index contributed by atoms with van der Waals surface area (Å²) in [6.45, 7) is 1.40. The molecule has 3 aliphatic rings. The molecule has 3 amide bonds. The van der Waals surface area contributed by atoms with Crippen LogP contribution in [0.4, 0.5) is 24.5 Å². The molecular formula is C30H22F3N3O4. The summed E-state index contributed by atoms with van der Waals surface area (Å²) in [5.41, 5.74) is 1.30. The lowest BCUT2D eigenvalue weighted by molar-refractivity contribution is -0.137. The quantitative estimate of drug-likeness (QED) is 0.366. The number of nitrogens with one attached hydrogen (secondary N) is 1. The van der Waals surface area contributed by atoms with E-state index in [4.69, 9.17) is 0 Å². The maximum Gasteiger partial charge on any atom is 0.416 e. The minimum absolute atomic E-state index is 0.0744. The van der Waals surface area contributed by atoms with Crippen molar-refractivity contribution in [3.63, 3.8) is 0 Å². The third kappa shape index (κ3) is 3.98. The first-order valence-corrected chi connectivity index (χ1v) is 12.6. The predicted octanol–water partition coefficient (Wildman–Crippen LogP) is 5.06. The zero-order valence-electron chi connectivity index (χ0n) is 21.1. The molecule has 10 heteroatoms. The molecule has 2 saturated heterocycles. The molecule has 3 aromatic carbocycles. The van der Waals surface area contributed by atoms with Crippen LogP contribution in [0.1, 0.15) is 40.0 Å². The fraction of sp³-hybridized carbons (Fsp3) is 0.200. The van der Waals surface area contributed by atoms with Crippen LogP contribution in [0.2, 0.25) is 0 Å². The van der Waals surface area contributed by atoms with E-state index in [1.54, 1.807) is 23.2 Å². The first kappa shape index (κ1) is 25.5. The number of imide groups is 1. The molecule has 1 N–H and O–H groups in total. The molecule has 0 aromatic heterocycles. The van der Waals surface area contributed by atoms with Crippen molar-refractivity contribution in [2.75, 3.05) is 10.2 Å². The van der Waals surface area contributed by atoms with E-state index in [-0.39, 0.29) is 17.2 Å². The number of Topliss-reactive ketones (excluding diaryl/α,β-unsaturated/α-hetero) is 1. The van der Waals surface area contributed by atoms with E-state index in [1.165, 1.54) is 43.3 Å². The maximum atomic E-state index is 13.9. The summed E-state index contributed by atoms with van der Waals surface area (Å²) in [5, 5.41) is 2.54. The first-order chi connectivity index (χ1) is 19.1. The number of alkyl halides is 3. The Balaban J connectivity index is 1.40. The highest BCUT2D eigenvalue weighted by molar-refractivity contribution is 6.24. The van der Waals surface area contributed by atoms with E-state index < -0.39 is 53.4 Å². The summed E-state index contributed by atoms with van der Waals surface area (Å²) < 4.78 is 39.8. The summed E-state index contributed by atoms with van der Waals surface area (Å²) in [6.07, 6.45) is -1.16. The van der Waals surface area contributed by atoms with E-state index in [9.17, 15) is 32.3 Å². The van der Waals surface area contributed by atoms with Gasteiger partial charge >= 0.3 is 6.18 Å². The summed E-state index contributed by atoms with van der Waals surface area (Å²) >= 11 is 0. The standard InChI is InChI=1S/C30H22F3N3O4/c1-16(37)17-9-11-21(12-10-17)36-28(39)23-24(29(36)40)26(35-14-13-18-5-2-3-8-22(18)25(23)35)27(38)34-20-7-4-6-19(15-20)30(31,32)33/h2-15,23-26H,1H3,(H,34,38)/t23-,24+,25-,26+/m0/s1. The van der Waals surface area contributed by atoms with Crippen molar-refractivity contribution in [2.45, 2.75) is 25.2 Å². The highest BCUT2D eigenvalue weighted by Crippen LogP contribution is 2.53. The van der Waals surface area contributed by atoms with Crippen LogP contribution < -0.4 is 10.2 Å². The fourth-order valence-corrected chi connectivity index (χ4v) is 5.95. The average molecular weight is 546 g/mol. The molecule has 6 rings (SSSR count). The molecule has 0 radical (unpaired) electrons. The van der Waals surface area contributed by atoms with Gasteiger partial charge in [-0.3, -0.25) is 19.2 Å². The highest BCUT2D eigenvalue weighted by atomic mass is 19.4. The number of hydrogen-bond acceptors (Lipinski definition) is 5. The molecule has 0 bridgehead atoms. The summed E-state index contributed by atoms with van der Waals surface area (Å²) in [6, 6.07) is 15.9. The lowest BCUT2D eigenvalue weighted by atomic mass is 9.84. The number of amides is 3. The van der Waals surface area contributed by atoms with Gasteiger partial charge in [0.25, 0.3) is 0 Å². The predicted molar refractivity (Wildman–Crippen MR) is 140 cm³/mol. The number of rotatable bonds is 4. The zero-order chi connectivity index (χ0) is 28.3. The van der Waals surface area contributed by atoms with E-state index in [0.29, 0.717) is 5.56 Å². The topological polar surface area (TPSA) is 86.8 Å². The van der Waals surface area contributed by atoms with E-state index in [0.717, 1.165) is 28.2 Å². The second kappa shape index (κ2) is 9.18. The summed E-state index contributed by atoms with van der Waals surface area (Å²) in [7, 11) is 0. The third-order valence-corrected chi connectivity index (χ3v) is 7.72. The van der Waals surface area contributed by atoms with Crippen molar-refractivity contribution in [1.82, 2.24) is 4.90 Å². The molecular weight excluding hydrogens is 523 g/mol. The average Bonchev–Trinajstić information content (AvgIpc) is 3.40. The first-order valence-electron chi connectivity index (χ1n) is 12.6. The Kier molecular flexibility index (Phi) is 5.86. The van der Waals surface area contributed by atoms with Gasteiger partial charge in [0.05, 0.1) is 29.1 Å². The van der Waals surface area contributed by atoms with E-state index >= 15 is 0 Å². The fourth-order valence-electron chi connectivity index (χ4n) is 5.95. The van der Waals surface area contributed by atoms with Crippen LogP contribution in [0.3, 0.4) is 0 Å². The molecule has 0 unspecified atom stereocenters. The Morgan fingerprint density at radius 1 is 0.875 bits per heavy atom. The van der Waals surface area contributed by atoms with E-state index in [1.807, 2.05) is 18.2 Å². The van der Waals surface area contributed by atoms with E-state index in [2.05, 4.69) is 5.32 Å². The summed E-state index contributed by atoms with van der Waals surface area (Å²) in [4.78, 5) is 55.9. The number of anilines is 2. The maximum absolute atomic E-state index is 13.9. The minimum atomic E-state index is -4.60. The molecule has 2 fully saturated rings. The van der Waals surface area contributed by atoms with Gasteiger partial charge in [-0.05, 0) is 66.6 Å². The van der Waals surface area contributed by atoms with Crippen LogP contribution in [0.15, 0.2) is 79.0 Å². The van der Waals surface area contributed by atoms with Crippen molar-refractivity contribution < 1.29 is 32.3 Å². The number of ketones is 1. The van der Waals surface area contributed by atoms with Crippen LogP contribution in [0, 0.1) is 11.8 Å². The van der Waals surface area contributed by atoms with Crippen molar-refractivity contribution in [3.8, 4) is 0 Å². The Morgan fingerprint density at radius 3 is 2.27 bits per heavy atom. The van der Waals surface area contributed by atoms with Gasteiger partial charge in [0.2, 0.25) is 17.7 Å². The summed E-state index contributed by atoms with van der Waals surface area (Å²) in [5.74, 6) is -3.95. The van der Waals surface area contributed by atoms with Crippen LogP contribution in [-0.4, -0.2) is 34.4 Å².